The fraction of sp³-hybridized carbons (Fsp3) is 0.0400. The van der Waals surface area contributed by atoms with Crippen molar-refractivity contribution in [3.05, 3.63) is 100 Å². The number of hydrogen-bond donors (Lipinski definition) is 4. The van der Waals surface area contributed by atoms with Crippen LogP contribution in [-0.4, -0.2) is 20.9 Å². The number of aromatic amines is 1. The molecule has 0 aliphatic carbocycles. The molecule has 13 heteroatoms. The standard InChI is InChI=1S/C25H16F4N6O3/c26-18-12-30-23(35-21(18)31-15-7-9-20-19(11-15)34-24(37)38-20)33-14-6-8-16(17(10-14)25(27,28)29)22(36)32-13-4-2-1-3-5-13/h1-12H,(H,32,36)(H,34,37)(H2,30,31,33,35). The first kappa shape index (κ1) is 24.5. The first-order chi connectivity index (χ1) is 18.2. The van der Waals surface area contributed by atoms with Gasteiger partial charge in [0.2, 0.25) is 5.95 Å². The number of alkyl halides is 3. The van der Waals surface area contributed by atoms with Gasteiger partial charge in [0.1, 0.15) is 0 Å². The van der Waals surface area contributed by atoms with Crippen LogP contribution in [0.25, 0.3) is 11.1 Å². The van der Waals surface area contributed by atoms with Crippen LogP contribution < -0.4 is 21.7 Å². The van der Waals surface area contributed by atoms with E-state index in [1.54, 1.807) is 30.3 Å². The van der Waals surface area contributed by atoms with Crippen molar-refractivity contribution >= 4 is 45.8 Å². The zero-order valence-electron chi connectivity index (χ0n) is 19.1. The Bertz CT molecular complexity index is 1700. The van der Waals surface area contributed by atoms with Gasteiger partial charge in [0, 0.05) is 17.1 Å². The third-order valence-corrected chi connectivity index (χ3v) is 5.28. The number of nitrogens with zero attached hydrogens (tertiary/aromatic N) is 2. The highest BCUT2D eigenvalue weighted by atomic mass is 19.4. The van der Waals surface area contributed by atoms with Crippen LogP contribution in [0.3, 0.4) is 0 Å². The van der Waals surface area contributed by atoms with E-state index in [9.17, 15) is 27.2 Å². The number of oxazole rings is 1. The first-order valence-electron chi connectivity index (χ1n) is 10.9. The van der Waals surface area contributed by atoms with Crippen LogP contribution in [0.1, 0.15) is 15.9 Å². The molecule has 0 bridgehead atoms. The lowest BCUT2D eigenvalue weighted by molar-refractivity contribution is -0.137. The van der Waals surface area contributed by atoms with Gasteiger partial charge in [0.05, 0.1) is 22.8 Å². The van der Waals surface area contributed by atoms with Gasteiger partial charge in [-0.05, 0) is 48.5 Å². The number of carbonyl (C=O) groups excluding carboxylic acids is 1. The summed E-state index contributed by atoms with van der Waals surface area (Å²) in [6, 6.07) is 15.6. The molecule has 38 heavy (non-hydrogen) atoms. The molecule has 0 aliphatic rings. The Labute approximate surface area is 210 Å². The van der Waals surface area contributed by atoms with E-state index in [0.29, 0.717) is 22.5 Å². The molecular weight excluding hydrogens is 508 g/mol. The topological polar surface area (TPSA) is 125 Å². The molecule has 0 fully saturated rings. The Morgan fingerprint density at radius 1 is 0.921 bits per heavy atom. The number of halogens is 4. The summed E-state index contributed by atoms with van der Waals surface area (Å²) in [6.07, 6.45) is -4.01. The second-order valence-corrected chi connectivity index (χ2v) is 7.94. The number of hydrogen-bond acceptors (Lipinski definition) is 7. The molecule has 2 aromatic heterocycles. The van der Waals surface area contributed by atoms with Gasteiger partial charge < -0.3 is 20.4 Å². The molecule has 0 atom stereocenters. The number of rotatable bonds is 6. The maximum absolute atomic E-state index is 14.4. The summed E-state index contributed by atoms with van der Waals surface area (Å²) < 4.78 is 60.7. The molecule has 5 aromatic rings. The summed E-state index contributed by atoms with van der Waals surface area (Å²) in [4.78, 5) is 34.1. The Hall–Kier alpha value is -5.20. The van der Waals surface area contributed by atoms with E-state index in [0.717, 1.165) is 18.3 Å². The molecule has 4 N–H and O–H groups in total. The van der Waals surface area contributed by atoms with Crippen LogP contribution in [-0.2, 0) is 6.18 Å². The van der Waals surface area contributed by atoms with Crippen LogP contribution in [0.15, 0.2) is 82.1 Å². The number of amides is 1. The fourth-order valence-corrected chi connectivity index (χ4v) is 3.59. The third-order valence-electron chi connectivity index (χ3n) is 5.28. The molecule has 0 spiro atoms. The maximum Gasteiger partial charge on any atom is 0.417 e. The summed E-state index contributed by atoms with van der Waals surface area (Å²) in [5, 5.41) is 7.75. The van der Waals surface area contributed by atoms with E-state index in [1.807, 2.05) is 0 Å². The van der Waals surface area contributed by atoms with Crippen molar-refractivity contribution in [2.24, 2.45) is 0 Å². The monoisotopic (exact) mass is 524 g/mol. The summed E-state index contributed by atoms with van der Waals surface area (Å²) in [5.74, 6) is -2.90. The van der Waals surface area contributed by atoms with E-state index in [2.05, 4.69) is 30.9 Å². The Morgan fingerprint density at radius 2 is 1.66 bits per heavy atom. The molecule has 0 saturated heterocycles. The highest BCUT2D eigenvalue weighted by molar-refractivity contribution is 6.05. The van der Waals surface area contributed by atoms with Gasteiger partial charge in [0.15, 0.2) is 17.2 Å². The smallest absolute Gasteiger partial charge is 0.408 e. The summed E-state index contributed by atoms with van der Waals surface area (Å²) in [5.41, 5.74) is -0.488. The third kappa shape index (κ3) is 5.31. The predicted molar refractivity (Wildman–Crippen MR) is 131 cm³/mol. The fourth-order valence-electron chi connectivity index (χ4n) is 3.59. The van der Waals surface area contributed by atoms with Crippen LogP contribution in [0, 0.1) is 5.82 Å². The zero-order chi connectivity index (χ0) is 26.9. The molecule has 5 rings (SSSR count). The molecule has 0 radical (unpaired) electrons. The number of aromatic nitrogens is 3. The quantitative estimate of drug-likeness (QED) is 0.207. The van der Waals surface area contributed by atoms with Gasteiger partial charge in [0.25, 0.3) is 5.91 Å². The van der Waals surface area contributed by atoms with Crippen molar-refractivity contribution in [1.29, 1.82) is 0 Å². The van der Waals surface area contributed by atoms with E-state index < -0.39 is 34.8 Å². The molecule has 0 saturated carbocycles. The van der Waals surface area contributed by atoms with E-state index in [-0.39, 0.29) is 17.5 Å². The lowest BCUT2D eigenvalue weighted by atomic mass is 10.0. The SMILES string of the molecule is O=C(Nc1ccccc1)c1ccc(Nc2ncc(F)c(Nc3ccc4oc(=O)[nH]c4c3)n2)cc1C(F)(F)F. The first-order valence-corrected chi connectivity index (χ1v) is 10.9. The highest BCUT2D eigenvalue weighted by Gasteiger charge is 2.35. The van der Waals surface area contributed by atoms with Gasteiger partial charge in [-0.15, -0.1) is 0 Å². The minimum absolute atomic E-state index is 0.0801. The van der Waals surface area contributed by atoms with Crippen LogP contribution in [0.4, 0.5) is 46.4 Å². The average molecular weight is 524 g/mol. The second-order valence-electron chi connectivity index (χ2n) is 7.94. The zero-order valence-corrected chi connectivity index (χ0v) is 19.1. The minimum Gasteiger partial charge on any atom is -0.408 e. The van der Waals surface area contributed by atoms with Gasteiger partial charge in [-0.2, -0.15) is 18.2 Å². The van der Waals surface area contributed by atoms with Crippen molar-refractivity contribution in [3.8, 4) is 0 Å². The molecule has 3 aromatic carbocycles. The minimum atomic E-state index is -4.84. The second kappa shape index (κ2) is 9.69. The Balaban J connectivity index is 1.39. The Kier molecular flexibility index (Phi) is 6.24. The molecule has 192 valence electrons. The molecular formula is C25H16F4N6O3. The number of nitrogens with one attached hydrogen (secondary N) is 4. The number of carbonyl (C=O) groups is 1. The van der Waals surface area contributed by atoms with Crippen molar-refractivity contribution in [2.45, 2.75) is 6.18 Å². The van der Waals surface area contributed by atoms with Gasteiger partial charge in [-0.25, -0.2) is 14.2 Å². The van der Waals surface area contributed by atoms with Crippen molar-refractivity contribution < 1.29 is 26.8 Å². The highest BCUT2D eigenvalue weighted by Crippen LogP contribution is 2.35. The maximum atomic E-state index is 14.4. The van der Waals surface area contributed by atoms with Gasteiger partial charge >= 0.3 is 11.9 Å². The molecule has 1 amide bonds. The lowest BCUT2D eigenvalue weighted by Crippen LogP contribution is -2.19. The van der Waals surface area contributed by atoms with Crippen LogP contribution in [0.5, 0.6) is 0 Å². The number of fused-ring (bicyclic) bond motifs is 1. The van der Waals surface area contributed by atoms with Gasteiger partial charge in [-0.3, -0.25) is 9.78 Å². The van der Waals surface area contributed by atoms with Crippen LogP contribution >= 0.6 is 0 Å². The molecule has 0 aliphatic heterocycles. The molecule has 2 heterocycles. The van der Waals surface area contributed by atoms with Gasteiger partial charge in [-0.1, -0.05) is 18.2 Å². The van der Waals surface area contributed by atoms with Crippen LogP contribution in [0.2, 0.25) is 0 Å². The number of benzene rings is 3. The molecule has 0 unspecified atom stereocenters. The summed E-state index contributed by atoms with van der Waals surface area (Å²) in [6.45, 7) is 0. The largest absolute Gasteiger partial charge is 0.417 e. The summed E-state index contributed by atoms with van der Waals surface area (Å²) in [7, 11) is 0. The normalized spacial score (nSPS) is 11.4. The summed E-state index contributed by atoms with van der Waals surface area (Å²) >= 11 is 0. The molecule has 9 nitrogen and oxygen atoms in total. The van der Waals surface area contributed by atoms with Crippen molar-refractivity contribution in [1.82, 2.24) is 15.0 Å². The Morgan fingerprint density at radius 3 is 2.42 bits per heavy atom. The van der Waals surface area contributed by atoms with E-state index >= 15 is 0 Å². The predicted octanol–water partition coefficient (Wildman–Crippen LogP) is 5.81. The number of para-hydroxylation sites is 1. The van der Waals surface area contributed by atoms with Crippen molar-refractivity contribution in [2.75, 3.05) is 16.0 Å². The lowest BCUT2D eigenvalue weighted by Gasteiger charge is -2.15. The number of anilines is 5. The van der Waals surface area contributed by atoms with E-state index in [4.69, 9.17) is 4.42 Å². The number of H-pyrrole nitrogens is 1. The van der Waals surface area contributed by atoms with E-state index in [1.165, 1.54) is 24.3 Å². The average Bonchev–Trinajstić information content (AvgIpc) is 3.25. The van der Waals surface area contributed by atoms with Crippen molar-refractivity contribution in [3.63, 3.8) is 0 Å².